The summed E-state index contributed by atoms with van der Waals surface area (Å²) in [6, 6.07) is 0. The van der Waals surface area contributed by atoms with E-state index in [1.165, 1.54) is 37.8 Å². The topological polar surface area (TPSA) is 58.6 Å². The minimum Gasteiger partial charge on any atom is -0.267 e. The maximum absolute atomic E-state index is 12.3. The molecule has 2 aromatic heterocycles. The lowest BCUT2D eigenvalue weighted by molar-refractivity contribution is 0.438. The van der Waals surface area contributed by atoms with Crippen molar-refractivity contribution >= 4 is 11.3 Å². The first-order chi connectivity index (χ1) is 10.7. The van der Waals surface area contributed by atoms with Crippen LogP contribution in [0, 0.1) is 0 Å². The van der Waals surface area contributed by atoms with Crippen molar-refractivity contribution in [3.63, 3.8) is 0 Å². The number of thiazole rings is 1. The van der Waals surface area contributed by atoms with E-state index < -0.39 is 0 Å². The third kappa shape index (κ3) is 2.86. The van der Waals surface area contributed by atoms with Crippen LogP contribution >= 0.6 is 11.3 Å². The van der Waals surface area contributed by atoms with E-state index in [9.17, 15) is 4.79 Å². The number of nitrogens with zero attached hydrogens (tertiary/aromatic N) is 2. The van der Waals surface area contributed by atoms with E-state index in [1.807, 2.05) is 0 Å². The number of aryl methyl sites for hydroxylation is 1. The van der Waals surface area contributed by atoms with Crippen LogP contribution in [-0.4, -0.2) is 15.2 Å². The van der Waals surface area contributed by atoms with Crippen molar-refractivity contribution < 1.29 is 0 Å². The Kier molecular flexibility index (Phi) is 4.71. The van der Waals surface area contributed by atoms with E-state index in [2.05, 4.69) is 29.4 Å². The molecule has 22 heavy (non-hydrogen) atoms. The molecule has 2 heterocycles. The van der Waals surface area contributed by atoms with Gasteiger partial charge in [0.05, 0.1) is 17.0 Å². The molecule has 0 radical (unpaired) electrons. The van der Waals surface area contributed by atoms with Crippen LogP contribution in [-0.2, 0) is 12.8 Å². The summed E-state index contributed by atoms with van der Waals surface area (Å²) in [5.74, 6) is 0.579. The molecule has 0 aliphatic heterocycles. The summed E-state index contributed by atoms with van der Waals surface area (Å²) in [5, 5.41) is 9.84. The SMILES string of the molecule is CCc1n[nH]c(=O)c(-c2nc(C3CCCCC3)cs2)c1CC. The molecule has 0 amide bonds. The second-order valence-electron chi connectivity index (χ2n) is 5.97. The van der Waals surface area contributed by atoms with E-state index in [0.29, 0.717) is 5.92 Å². The number of hydrogen-bond acceptors (Lipinski definition) is 4. The minimum atomic E-state index is -0.112. The fourth-order valence-corrected chi connectivity index (χ4v) is 4.38. The molecule has 0 saturated heterocycles. The summed E-state index contributed by atoms with van der Waals surface area (Å²) >= 11 is 1.60. The summed E-state index contributed by atoms with van der Waals surface area (Å²) in [7, 11) is 0. The molecule has 1 fully saturated rings. The van der Waals surface area contributed by atoms with Crippen molar-refractivity contribution in [1.82, 2.24) is 15.2 Å². The molecule has 1 N–H and O–H groups in total. The zero-order valence-electron chi connectivity index (χ0n) is 13.3. The van der Waals surface area contributed by atoms with Crippen LogP contribution < -0.4 is 5.56 Å². The van der Waals surface area contributed by atoms with E-state index in [0.717, 1.165) is 34.7 Å². The fraction of sp³-hybridized carbons (Fsp3) is 0.588. The Hall–Kier alpha value is -1.49. The Labute approximate surface area is 135 Å². The molecule has 0 atom stereocenters. The Morgan fingerprint density at radius 3 is 2.68 bits per heavy atom. The van der Waals surface area contributed by atoms with Gasteiger partial charge in [-0.3, -0.25) is 4.79 Å². The molecule has 4 nitrogen and oxygen atoms in total. The number of nitrogens with one attached hydrogen (secondary N) is 1. The van der Waals surface area contributed by atoms with E-state index in [-0.39, 0.29) is 5.56 Å². The number of H-pyrrole nitrogens is 1. The summed E-state index contributed by atoms with van der Waals surface area (Å²) in [4.78, 5) is 17.1. The Morgan fingerprint density at radius 1 is 1.23 bits per heavy atom. The molecule has 1 aliphatic rings. The first kappa shape index (κ1) is 15.4. The lowest BCUT2D eigenvalue weighted by Crippen LogP contribution is -2.17. The van der Waals surface area contributed by atoms with Gasteiger partial charge in [-0.1, -0.05) is 33.1 Å². The van der Waals surface area contributed by atoms with Crippen molar-refractivity contribution in [3.8, 4) is 10.6 Å². The van der Waals surface area contributed by atoms with Crippen LogP contribution in [0.25, 0.3) is 10.6 Å². The Balaban J connectivity index is 2.01. The van der Waals surface area contributed by atoms with Crippen LogP contribution in [0.5, 0.6) is 0 Å². The highest BCUT2D eigenvalue weighted by Crippen LogP contribution is 2.35. The van der Waals surface area contributed by atoms with Crippen molar-refractivity contribution in [2.45, 2.75) is 64.7 Å². The van der Waals surface area contributed by atoms with Gasteiger partial charge < -0.3 is 0 Å². The third-order valence-electron chi connectivity index (χ3n) is 4.62. The van der Waals surface area contributed by atoms with Gasteiger partial charge in [0.1, 0.15) is 5.01 Å². The van der Waals surface area contributed by atoms with Crippen molar-refractivity contribution in [1.29, 1.82) is 0 Å². The van der Waals surface area contributed by atoms with Crippen molar-refractivity contribution in [2.75, 3.05) is 0 Å². The average molecular weight is 317 g/mol. The molecule has 0 bridgehead atoms. The highest BCUT2D eigenvalue weighted by Gasteiger charge is 2.21. The van der Waals surface area contributed by atoms with Crippen LogP contribution in [0.4, 0.5) is 0 Å². The van der Waals surface area contributed by atoms with E-state index >= 15 is 0 Å². The number of aromatic nitrogens is 3. The molecule has 0 spiro atoms. The summed E-state index contributed by atoms with van der Waals surface area (Å²) in [6.45, 7) is 4.15. The van der Waals surface area contributed by atoms with E-state index in [1.54, 1.807) is 11.3 Å². The predicted molar refractivity (Wildman–Crippen MR) is 90.5 cm³/mol. The fourth-order valence-electron chi connectivity index (χ4n) is 3.41. The van der Waals surface area contributed by atoms with Gasteiger partial charge in [0.2, 0.25) is 0 Å². The normalized spacial score (nSPS) is 16.1. The van der Waals surface area contributed by atoms with Gasteiger partial charge in [0.25, 0.3) is 5.56 Å². The smallest absolute Gasteiger partial charge is 0.267 e. The minimum absolute atomic E-state index is 0.112. The lowest BCUT2D eigenvalue weighted by atomic mass is 9.87. The zero-order valence-corrected chi connectivity index (χ0v) is 14.1. The molecular formula is C17H23N3OS. The van der Waals surface area contributed by atoms with Gasteiger partial charge in [0.15, 0.2) is 0 Å². The number of rotatable bonds is 4. The summed E-state index contributed by atoms with van der Waals surface area (Å²) in [6.07, 6.45) is 8.05. The van der Waals surface area contributed by atoms with Gasteiger partial charge >= 0.3 is 0 Å². The van der Waals surface area contributed by atoms with Gasteiger partial charge in [-0.05, 0) is 31.2 Å². The molecule has 2 aromatic rings. The van der Waals surface area contributed by atoms with Crippen LogP contribution in [0.15, 0.2) is 10.2 Å². The molecule has 1 saturated carbocycles. The van der Waals surface area contributed by atoms with Gasteiger partial charge in [-0.15, -0.1) is 11.3 Å². The molecule has 3 rings (SSSR count). The Bertz CT molecular complexity index is 698. The van der Waals surface area contributed by atoms with Gasteiger partial charge in [0, 0.05) is 11.3 Å². The summed E-state index contributed by atoms with van der Waals surface area (Å²) in [5.41, 5.74) is 3.83. The molecule has 1 aliphatic carbocycles. The maximum Gasteiger partial charge on any atom is 0.274 e. The standard InChI is InChI=1S/C17H23N3OS/c1-3-12-13(4-2)19-20-16(21)15(12)17-18-14(10-22-17)11-8-6-5-7-9-11/h10-11H,3-9H2,1-2H3,(H,20,21). The molecule has 5 heteroatoms. The molecule has 0 unspecified atom stereocenters. The van der Waals surface area contributed by atoms with E-state index in [4.69, 9.17) is 4.98 Å². The van der Waals surface area contributed by atoms with Crippen LogP contribution in [0.1, 0.15) is 68.8 Å². The highest BCUT2D eigenvalue weighted by atomic mass is 32.1. The van der Waals surface area contributed by atoms with Crippen molar-refractivity contribution in [2.24, 2.45) is 0 Å². The Morgan fingerprint density at radius 2 is 2.00 bits per heavy atom. The zero-order chi connectivity index (χ0) is 15.5. The average Bonchev–Trinajstić information content (AvgIpc) is 3.04. The number of hydrogen-bond donors (Lipinski definition) is 1. The monoisotopic (exact) mass is 317 g/mol. The quantitative estimate of drug-likeness (QED) is 0.925. The van der Waals surface area contributed by atoms with Gasteiger partial charge in [-0.2, -0.15) is 5.10 Å². The van der Waals surface area contributed by atoms with Crippen molar-refractivity contribution in [3.05, 3.63) is 32.7 Å². The largest absolute Gasteiger partial charge is 0.274 e. The molecule has 0 aromatic carbocycles. The second-order valence-corrected chi connectivity index (χ2v) is 6.83. The predicted octanol–water partition coefficient (Wildman–Crippen LogP) is 4.07. The lowest BCUT2D eigenvalue weighted by Gasteiger charge is -2.19. The highest BCUT2D eigenvalue weighted by molar-refractivity contribution is 7.13. The third-order valence-corrected chi connectivity index (χ3v) is 5.50. The first-order valence-electron chi connectivity index (χ1n) is 8.30. The molecule has 118 valence electrons. The second kappa shape index (κ2) is 6.73. The first-order valence-corrected chi connectivity index (χ1v) is 9.18. The summed E-state index contributed by atoms with van der Waals surface area (Å²) < 4.78 is 0. The van der Waals surface area contributed by atoms with Crippen LogP contribution in [0.2, 0.25) is 0 Å². The maximum atomic E-state index is 12.3. The number of aromatic amines is 1. The van der Waals surface area contributed by atoms with Gasteiger partial charge in [-0.25, -0.2) is 10.1 Å². The molecular weight excluding hydrogens is 294 g/mol. The van der Waals surface area contributed by atoms with Crippen LogP contribution in [0.3, 0.4) is 0 Å².